The quantitative estimate of drug-likeness (QED) is 0.0974. The van der Waals surface area contributed by atoms with Crippen molar-refractivity contribution in [3.8, 4) is 34.4 Å². The second-order valence-electron chi connectivity index (χ2n) is 15.7. The van der Waals surface area contributed by atoms with Gasteiger partial charge in [0.1, 0.15) is 11.0 Å². The molecule has 60 heavy (non-hydrogen) atoms. The lowest BCUT2D eigenvalue weighted by Crippen LogP contribution is -2.43. The molecule has 12 nitrogen and oxygen atoms in total. The second kappa shape index (κ2) is 13.7. The summed E-state index contributed by atoms with van der Waals surface area (Å²) in [6.45, 7) is 0. The number of hydrogen-bond acceptors (Lipinski definition) is 10. The van der Waals surface area contributed by atoms with E-state index in [9.17, 15) is 24.3 Å². The van der Waals surface area contributed by atoms with E-state index in [0.717, 1.165) is 16.6 Å². The van der Waals surface area contributed by atoms with E-state index < -0.39 is 35.5 Å². The fourth-order valence-electron chi connectivity index (χ4n) is 9.90. The third-order valence-corrected chi connectivity index (χ3v) is 13.4. The lowest BCUT2D eigenvalue weighted by molar-refractivity contribution is -0.126. The predicted molar refractivity (Wildman–Crippen MR) is 229 cm³/mol. The molecule has 0 bridgehead atoms. The van der Waals surface area contributed by atoms with Gasteiger partial charge < -0.3 is 18.7 Å². The molecule has 6 unspecified atom stereocenters. The molecule has 11 rings (SSSR count). The second-order valence-corrected chi connectivity index (χ2v) is 16.8. The minimum absolute atomic E-state index is 0.0349. The average Bonchev–Trinajstić information content (AvgIpc) is 4.03. The van der Waals surface area contributed by atoms with Crippen molar-refractivity contribution in [3.63, 3.8) is 0 Å². The van der Waals surface area contributed by atoms with Crippen LogP contribution in [0.1, 0.15) is 24.3 Å². The van der Waals surface area contributed by atoms with Gasteiger partial charge in [-0.2, -0.15) is 0 Å². The van der Waals surface area contributed by atoms with Crippen molar-refractivity contribution in [1.29, 1.82) is 0 Å². The number of phenols is 1. The SMILES string of the molecule is COc1cc(C2C3=CCC4C(=O)N(c5ccc(-c6nc7ccccc7o6)cc5)C(=O)C4C3CC3C(=O)N(c4ccc(-c5nc6ccccc6o5)cc4)C(=O)C32)cc(I)c1O. The van der Waals surface area contributed by atoms with Gasteiger partial charge in [0.25, 0.3) is 0 Å². The first-order valence-electron chi connectivity index (χ1n) is 19.6. The van der Waals surface area contributed by atoms with Gasteiger partial charge in [0.05, 0.1) is 45.7 Å². The zero-order chi connectivity index (χ0) is 41.0. The third kappa shape index (κ3) is 5.47. The molecule has 5 aromatic carbocycles. The molecule has 2 aliphatic heterocycles. The van der Waals surface area contributed by atoms with E-state index in [-0.39, 0.29) is 41.5 Å². The fourth-order valence-corrected chi connectivity index (χ4v) is 10.5. The topological polar surface area (TPSA) is 156 Å². The smallest absolute Gasteiger partial charge is 0.238 e. The van der Waals surface area contributed by atoms with Crippen LogP contribution in [-0.2, 0) is 19.2 Å². The summed E-state index contributed by atoms with van der Waals surface area (Å²) >= 11 is 2.03. The van der Waals surface area contributed by atoms with Crippen molar-refractivity contribution in [2.45, 2.75) is 18.8 Å². The number of carbonyl (C=O) groups excluding carboxylic acids is 4. The van der Waals surface area contributed by atoms with Gasteiger partial charge in [-0.1, -0.05) is 35.9 Å². The van der Waals surface area contributed by atoms with E-state index in [1.165, 1.54) is 16.9 Å². The number of aromatic hydroxyl groups is 1. The summed E-state index contributed by atoms with van der Waals surface area (Å²) in [5.41, 5.74) is 6.49. The molecular weight excluding hydrogens is 875 g/mol. The summed E-state index contributed by atoms with van der Waals surface area (Å²) in [5, 5.41) is 10.8. The van der Waals surface area contributed by atoms with Crippen LogP contribution < -0.4 is 14.5 Å². The number of fused-ring (bicyclic) bond motifs is 6. The molecule has 4 amide bonds. The molecule has 2 aromatic heterocycles. The summed E-state index contributed by atoms with van der Waals surface area (Å²) in [6.07, 6.45) is 2.51. The molecule has 2 saturated heterocycles. The molecule has 13 heteroatoms. The number of aromatic nitrogens is 2. The maximum absolute atomic E-state index is 14.8. The number of rotatable bonds is 6. The fraction of sp³-hybridized carbons (Fsp3) is 0.191. The molecule has 0 radical (unpaired) electrons. The van der Waals surface area contributed by atoms with Crippen LogP contribution in [0, 0.1) is 33.2 Å². The highest BCUT2D eigenvalue weighted by atomic mass is 127. The zero-order valence-electron chi connectivity index (χ0n) is 31.8. The number of para-hydroxylation sites is 4. The van der Waals surface area contributed by atoms with Crippen LogP contribution in [0.2, 0.25) is 0 Å². The number of anilines is 2. The Morgan fingerprint density at radius 3 is 1.75 bits per heavy atom. The normalized spacial score (nSPS) is 23.6. The monoisotopic (exact) mass is 908 g/mol. The van der Waals surface area contributed by atoms with Crippen LogP contribution in [0.3, 0.4) is 0 Å². The number of amides is 4. The van der Waals surface area contributed by atoms with Crippen molar-refractivity contribution in [1.82, 2.24) is 9.97 Å². The highest BCUT2D eigenvalue weighted by molar-refractivity contribution is 14.1. The van der Waals surface area contributed by atoms with Crippen molar-refractivity contribution in [3.05, 3.63) is 130 Å². The Morgan fingerprint density at radius 1 is 0.667 bits per heavy atom. The number of ether oxygens (including phenoxy) is 1. The molecule has 1 saturated carbocycles. The van der Waals surface area contributed by atoms with Gasteiger partial charge in [0.2, 0.25) is 35.4 Å². The number of halogens is 1. The highest BCUT2D eigenvalue weighted by Crippen LogP contribution is 2.59. The van der Waals surface area contributed by atoms with Crippen molar-refractivity contribution in [2.24, 2.45) is 29.6 Å². The van der Waals surface area contributed by atoms with Gasteiger partial charge >= 0.3 is 0 Å². The summed E-state index contributed by atoms with van der Waals surface area (Å²) in [4.78, 5) is 70.0. The van der Waals surface area contributed by atoms with Gasteiger partial charge in [-0.15, -0.1) is 0 Å². The number of benzene rings is 5. The Labute approximate surface area is 355 Å². The van der Waals surface area contributed by atoms with Crippen LogP contribution in [0.5, 0.6) is 11.5 Å². The first kappa shape index (κ1) is 36.5. The lowest BCUT2D eigenvalue weighted by Gasteiger charge is -2.44. The molecule has 1 N–H and O–H groups in total. The minimum Gasteiger partial charge on any atom is -0.504 e. The molecule has 3 fully saturated rings. The zero-order valence-corrected chi connectivity index (χ0v) is 34.0. The number of oxazole rings is 2. The van der Waals surface area contributed by atoms with E-state index in [1.807, 2.05) is 77.2 Å². The van der Waals surface area contributed by atoms with E-state index in [4.69, 9.17) is 13.6 Å². The molecule has 4 heterocycles. The summed E-state index contributed by atoms with van der Waals surface area (Å²) in [5.74, 6) is -4.45. The van der Waals surface area contributed by atoms with E-state index in [1.54, 1.807) is 60.7 Å². The predicted octanol–water partition coefficient (Wildman–Crippen LogP) is 8.67. The Kier molecular flexibility index (Phi) is 8.34. The highest BCUT2D eigenvalue weighted by Gasteiger charge is 2.62. The van der Waals surface area contributed by atoms with Gasteiger partial charge in [0, 0.05) is 17.0 Å². The van der Waals surface area contributed by atoms with E-state index in [0.29, 0.717) is 61.0 Å². The largest absolute Gasteiger partial charge is 0.504 e. The molecule has 0 spiro atoms. The third-order valence-electron chi connectivity index (χ3n) is 12.6. The van der Waals surface area contributed by atoms with Crippen LogP contribution in [0.15, 0.2) is 130 Å². The Hall–Kier alpha value is -6.61. The number of hydrogen-bond donors (Lipinski definition) is 1. The molecular formula is C47H33IN4O8. The van der Waals surface area contributed by atoms with Crippen LogP contribution in [-0.4, -0.2) is 45.8 Å². The first-order chi connectivity index (χ1) is 29.2. The lowest BCUT2D eigenvalue weighted by atomic mass is 9.57. The van der Waals surface area contributed by atoms with E-state index >= 15 is 0 Å². The van der Waals surface area contributed by atoms with Crippen molar-refractivity contribution < 1.29 is 37.9 Å². The number of methoxy groups -OCH3 is 1. The van der Waals surface area contributed by atoms with Crippen LogP contribution >= 0.6 is 22.6 Å². The maximum atomic E-state index is 14.8. The molecule has 2 aliphatic carbocycles. The standard InChI is InChI=1S/C47H33IN4O8/c1-58-37-21-25(20-32(48)41(37)53)38-28-18-19-29-39(46(56)51(44(29)54)26-14-10-23(11-15-26)42-49-33-6-2-4-8-35(33)59-42)30(28)22-31-40(38)47(57)52(45(31)55)27-16-12-24(13-17-27)43-50-34-7-3-5-9-36(34)60-43/h2-18,20-21,29-31,38-40,53H,19,22H2,1H3. The molecule has 296 valence electrons. The Balaban J connectivity index is 0.943. The van der Waals surface area contributed by atoms with Crippen LogP contribution in [0.25, 0.3) is 45.1 Å². The summed E-state index contributed by atoms with van der Waals surface area (Å²) < 4.78 is 18.0. The Bertz CT molecular complexity index is 2920. The summed E-state index contributed by atoms with van der Waals surface area (Å²) in [6, 6.07) is 32.4. The first-order valence-corrected chi connectivity index (χ1v) is 20.7. The number of allylic oxidation sites excluding steroid dienone is 2. The Morgan fingerprint density at radius 2 is 1.20 bits per heavy atom. The molecule has 6 atom stereocenters. The molecule has 4 aliphatic rings. The summed E-state index contributed by atoms with van der Waals surface area (Å²) in [7, 11) is 1.46. The van der Waals surface area contributed by atoms with Crippen LogP contribution in [0.4, 0.5) is 11.4 Å². The maximum Gasteiger partial charge on any atom is 0.238 e. The van der Waals surface area contributed by atoms with E-state index in [2.05, 4.69) is 9.97 Å². The molecule has 7 aromatic rings. The number of phenolic OH excluding ortho intramolecular Hbond substituents is 1. The minimum atomic E-state index is -0.805. The average molecular weight is 909 g/mol. The van der Waals surface area contributed by atoms with Gasteiger partial charge in [-0.05, 0) is 132 Å². The number of carbonyl (C=O) groups is 4. The van der Waals surface area contributed by atoms with Gasteiger partial charge in [-0.25, -0.2) is 9.97 Å². The number of imide groups is 2. The van der Waals surface area contributed by atoms with Crippen molar-refractivity contribution >= 4 is 79.8 Å². The number of nitrogens with zero attached hydrogens (tertiary/aromatic N) is 4. The van der Waals surface area contributed by atoms with Crippen molar-refractivity contribution in [2.75, 3.05) is 16.9 Å². The van der Waals surface area contributed by atoms with Gasteiger partial charge in [-0.3, -0.25) is 29.0 Å². The van der Waals surface area contributed by atoms with Gasteiger partial charge in [0.15, 0.2) is 22.7 Å².